The Morgan fingerprint density at radius 1 is 1.50 bits per heavy atom. The van der Waals surface area contributed by atoms with Crippen LogP contribution in [0.2, 0.25) is 0 Å². The minimum absolute atomic E-state index is 0.198. The second kappa shape index (κ2) is 4.65. The maximum absolute atomic E-state index is 11.7. The van der Waals surface area contributed by atoms with Gasteiger partial charge in [-0.2, -0.15) is 13.2 Å². The molecule has 0 aliphatic carbocycles. The molecule has 0 saturated carbocycles. The average Bonchev–Trinajstić information content (AvgIpc) is 2.50. The van der Waals surface area contributed by atoms with Crippen molar-refractivity contribution in [3.63, 3.8) is 0 Å². The molecular formula is C7H8ClF3N2O. The molecule has 80 valence electrons. The van der Waals surface area contributed by atoms with Gasteiger partial charge in [0, 0.05) is 11.9 Å². The smallest absolute Gasteiger partial charge is 0.364 e. The van der Waals surface area contributed by atoms with Crippen molar-refractivity contribution in [3.8, 4) is 0 Å². The summed E-state index contributed by atoms with van der Waals surface area (Å²) in [7, 11) is 0. The van der Waals surface area contributed by atoms with Gasteiger partial charge < -0.3 is 9.72 Å². The molecule has 14 heavy (non-hydrogen) atoms. The summed E-state index contributed by atoms with van der Waals surface area (Å²) in [4.78, 5) is 6.49. The molecule has 1 aromatic rings. The van der Waals surface area contributed by atoms with Gasteiger partial charge in [0.25, 0.3) is 0 Å². The molecule has 3 nitrogen and oxygen atoms in total. The standard InChI is InChI=1S/C7H8ClF3N2O/c8-1-5-2-12-6(13-5)3-14-4-7(9,10)11/h2H,1,3-4H2,(H,12,13). The molecule has 1 aromatic heterocycles. The lowest BCUT2D eigenvalue weighted by atomic mass is 10.6. The van der Waals surface area contributed by atoms with Crippen LogP contribution < -0.4 is 0 Å². The van der Waals surface area contributed by atoms with Crippen molar-refractivity contribution in [1.29, 1.82) is 0 Å². The molecule has 0 radical (unpaired) electrons. The number of H-pyrrole nitrogens is 1. The third kappa shape index (κ3) is 3.97. The molecule has 0 bridgehead atoms. The number of nitrogens with one attached hydrogen (secondary N) is 1. The molecule has 0 unspecified atom stereocenters. The third-order valence-corrected chi connectivity index (χ3v) is 1.62. The van der Waals surface area contributed by atoms with Gasteiger partial charge in [-0.15, -0.1) is 11.6 Å². The van der Waals surface area contributed by atoms with E-state index in [2.05, 4.69) is 14.7 Å². The molecule has 1 N–H and O–H groups in total. The van der Waals surface area contributed by atoms with Crippen LogP contribution in [-0.4, -0.2) is 22.8 Å². The highest BCUT2D eigenvalue weighted by Crippen LogP contribution is 2.15. The summed E-state index contributed by atoms with van der Waals surface area (Å²) in [5.74, 6) is 0.580. The number of imidazole rings is 1. The number of ether oxygens (including phenoxy) is 1. The normalized spacial score (nSPS) is 12.0. The number of aromatic amines is 1. The van der Waals surface area contributed by atoms with Crippen LogP contribution in [0, 0.1) is 0 Å². The van der Waals surface area contributed by atoms with E-state index < -0.39 is 12.8 Å². The second-order valence-corrected chi connectivity index (χ2v) is 2.86. The summed E-state index contributed by atoms with van der Waals surface area (Å²) in [6.07, 6.45) is -2.85. The fourth-order valence-electron chi connectivity index (χ4n) is 0.810. The Labute approximate surface area is 83.2 Å². The fourth-order valence-corrected chi connectivity index (χ4v) is 0.946. The van der Waals surface area contributed by atoms with Gasteiger partial charge in [-0.25, -0.2) is 4.98 Å². The summed E-state index contributed by atoms with van der Waals surface area (Å²) in [6.45, 7) is -1.47. The van der Waals surface area contributed by atoms with Gasteiger partial charge in [0.2, 0.25) is 0 Å². The Morgan fingerprint density at radius 3 is 2.71 bits per heavy atom. The lowest BCUT2D eigenvalue weighted by Crippen LogP contribution is -2.16. The van der Waals surface area contributed by atoms with E-state index in [0.29, 0.717) is 11.5 Å². The maximum Gasteiger partial charge on any atom is 0.411 e. The summed E-state index contributed by atoms with van der Waals surface area (Å²) in [5, 5.41) is 0. The van der Waals surface area contributed by atoms with Gasteiger partial charge in [0.15, 0.2) is 0 Å². The van der Waals surface area contributed by atoms with E-state index in [9.17, 15) is 13.2 Å². The van der Waals surface area contributed by atoms with E-state index in [4.69, 9.17) is 11.6 Å². The Balaban J connectivity index is 2.31. The SMILES string of the molecule is FC(F)(F)COCc1ncc(CCl)[nH]1. The predicted molar refractivity (Wildman–Crippen MR) is 43.9 cm³/mol. The van der Waals surface area contributed by atoms with E-state index in [1.54, 1.807) is 0 Å². The van der Waals surface area contributed by atoms with E-state index in [-0.39, 0.29) is 12.5 Å². The van der Waals surface area contributed by atoms with Gasteiger partial charge in [0.1, 0.15) is 19.0 Å². The van der Waals surface area contributed by atoms with Crippen molar-refractivity contribution in [2.45, 2.75) is 18.7 Å². The zero-order valence-corrected chi connectivity index (χ0v) is 7.82. The molecule has 7 heteroatoms. The number of rotatable bonds is 4. The fraction of sp³-hybridized carbons (Fsp3) is 0.571. The highest BCUT2D eigenvalue weighted by Gasteiger charge is 2.27. The number of hydrogen-bond donors (Lipinski definition) is 1. The van der Waals surface area contributed by atoms with Crippen molar-refractivity contribution in [2.75, 3.05) is 6.61 Å². The minimum atomic E-state index is -4.30. The molecule has 0 atom stereocenters. The molecular weight excluding hydrogens is 221 g/mol. The molecule has 0 saturated heterocycles. The second-order valence-electron chi connectivity index (χ2n) is 2.60. The first-order chi connectivity index (χ1) is 6.51. The Bertz CT molecular complexity index is 287. The first-order valence-corrected chi connectivity index (χ1v) is 4.28. The van der Waals surface area contributed by atoms with Crippen molar-refractivity contribution in [1.82, 2.24) is 9.97 Å². The lowest BCUT2D eigenvalue weighted by Gasteiger charge is -2.05. The van der Waals surface area contributed by atoms with Crippen molar-refractivity contribution < 1.29 is 17.9 Å². The van der Waals surface area contributed by atoms with Crippen LogP contribution in [0.4, 0.5) is 13.2 Å². The van der Waals surface area contributed by atoms with Crippen molar-refractivity contribution >= 4 is 11.6 Å². The van der Waals surface area contributed by atoms with Gasteiger partial charge >= 0.3 is 6.18 Å². The summed E-state index contributed by atoms with van der Waals surface area (Å²) in [6, 6.07) is 0. The van der Waals surface area contributed by atoms with Gasteiger partial charge in [0.05, 0.1) is 5.88 Å². The van der Waals surface area contributed by atoms with Crippen LogP contribution in [0.25, 0.3) is 0 Å². The number of aromatic nitrogens is 2. The predicted octanol–water partition coefficient (Wildman–Crippen LogP) is 2.23. The van der Waals surface area contributed by atoms with Crippen LogP contribution in [0.5, 0.6) is 0 Å². The Morgan fingerprint density at radius 2 is 2.21 bits per heavy atom. The zero-order valence-electron chi connectivity index (χ0n) is 7.07. The topological polar surface area (TPSA) is 37.9 Å². The third-order valence-electron chi connectivity index (χ3n) is 1.33. The van der Waals surface area contributed by atoms with Gasteiger partial charge in [-0.3, -0.25) is 0 Å². The van der Waals surface area contributed by atoms with Crippen LogP contribution in [0.3, 0.4) is 0 Å². The van der Waals surface area contributed by atoms with E-state index in [1.165, 1.54) is 6.20 Å². The quantitative estimate of drug-likeness (QED) is 0.803. The molecule has 0 aromatic carbocycles. The monoisotopic (exact) mass is 228 g/mol. The molecule has 0 amide bonds. The molecule has 1 rings (SSSR count). The highest BCUT2D eigenvalue weighted by molar-refractivity contribution is 6.16. The van der Waals surface area contributed by atoms with Gasteiger partial charge in [-0.05, 0) is 0 Å². The first kappa shape index (κ1) is 11.3. The molecule has 0 aliphatic rings. The van der Waals surface area contributed by atoms with E-state index >= 15 is 0 Å². The zero-order chi connectivity index (χ0) is 10.6. The Hall–Kier alpha value is -0.750. The number of nitrogens with zero attached hydrogens (tertiary/aromatic N) is 1. The summed E-state index contributed by atoms with van der Waals surface area (Å²) in [5.41, 5.74) is 0.650. The number of hydrogen-bond acceptors (Lipinski definition) is 2. The summed E-state index contributed by atoms with van der Waals surface area (Å²) >= 11 is 5.45. The number of halogens is 4. The van der Waals surface area contributed by atoms with Crippen molar-refractivity contribution in [2.24, 2.45) is 0 Å². The van der Waals surface area contributed by atoms with Crippen LogP contribution >= 0.6 is 11.6 Å². The van der Waals surface area contributed by atoms with E-state index in [0.717, 1.165) is 0 Å². The van der Waals surface area contributed by atoms with Crippen LogP contribution in [-0.2, 0) is 17.2 Å². The lowest BCUT2D eigenvalue weighted by molar-refractivity contribution is -0.177. The van der Waals surface area contributed by atoms with Crippen molar-refractivity contribution in [3.05, 3.63) is 17.7 Å². The average molecular weight is 229 g/mol. The minimum Gasteiger partial charge on any atom is -0.364 e. The molecule has 1 heterocycles. The van der Waals surface area contributed by atoms with Crippen LogP contribution in [0.15, 0.2) is 6.20 Å². The van der Waals surface area contributed by atoms with E-state index in [1.807, 2.05) is 0 Å². The molecule has 0 spiro atoms. The maximum atomic E-state index is 11.7. The molecule has 0 fully saturated rings. The van der Waals surface area contributed by atoms with Crippen LogP contribution in [0.1, 0.15) is 11.5 Å². The largest absolute Gasteiger partial charge is 0.411 e. The summed E-state index contributed by atoms with van der Waals surface area (Å²) < 4.78 is 39.3. The van der Waals surface area contributed by atoms with Gasteiger partial charge in [-0.1, -0.05) is 0 Å². The molecule has 0 aliphatic heterocycles. The Kier molecular flexibility index (Phi) is 3.77. The highest BCUT2D eigenvalue weighted by atomic mass is 35.5. The number of alkyl halides is 4. The first-order valence-electron chi connectivity index (χ1n) is 3.74.